The Hall–Kier alpha value is -2.70. The highest BCUT2D eigenvalue weighted by molar-refractivity contribution is 5.94. The van der Waals surface area contributed by atoms with E-state index in [1.165, 1.54) is 42.0 Å². The number of benzene rings is 2. The maximum absolute atomic E-state index is 12.5. The average molecular weight is 392 g/mol. The van der Waals surface area contributed by atoms with Crippen LogP contribution >= 0.6 is 0 Å². The molecule has 1 saturated heterocycles. The molecule has 2 aromatic carbocycles. The minimum absolute atomic E-state index is 0.265. The van der Waals surface area contributed by atoms with E-state index in [1.54, 1.807) is 7.05 Å². The van der Waals surface area contributed by atoms with Crippen molar-refractivity contribution in [1.29, 1.82) is 0 Å². The molecule has 7 heteroatoms. The summed E-state index contributed by atoms with van der Waals surface area (Å²) in [6.45, 7) is 2.57. The van der Waals surface area contributed by atoms with Gasteiger partial charge in [-0.1, -0.05) is 12.1 Å². The lowest BCUT2D eigenvalue weighted by molar-refractivity contribution is -0.274. The summed E-state index contributed by atoms with van der Waals surface area (Å²) in [5, 5.41) is 0. The maximum atomic E-state index is 12.5. The molecule has 2 aromatic rings. The molecule has 1 fully saturated rings. The number of piperidine rings is 1. The molecule has 4 nitrogen and oxygen atoms in total. The number of halogens is 3. The van der Waals surface area contributed by atoms with Crippen molar-refractivity contribution in [2.24, 2.45) is 0 Å². The summed E-state index contributed by atoms with van der Waals surface area (Å²) in [7, 11) is 1.67. The van der Waals surface area contributed by atoms with Gasteiger partial charge in [-0.25, -0.2) is 0 Å². The molecule has 1 amide bonds. The number of rotatable bonds is 5. The van der Waals surface area contributed by atoms with Gasteiger partial charge in [0.25, 0.3) is 5.91 Å². The van der Waals surface area contributed by atoms with Crippen molar-refractivity contribution < 1.29 is 22.7 Å². The van der Waals surface area contributed by atoms with Gasteiger partial charge in [0.2, 0.25) is 0 Å². The lowest BCUT2D eigenvalue weighted by Gasteiger charge is -2.29. The predicted molar refractivity (Wildman–Crippen MR) is 101 cm³/mol. The molecular formula is C21H23F3N2O2. The van der Waals surface area contributed by atoms with Crippen LogP contribution in [0.1, 0.15) is 35.2 Å². The third-order valence-electron chi connectivity index (χ3n) is 4.76. The Morgan fingerprint density at radius 3 is 2.18 bits per heavy atom. The van der Waals surface area contributed by atoms with Gasteiger partial charge in [-0.3, -0.25) is 4.79 Å². The van der Waals surface area contributed by atoms with E-state index >= 15 is 0 Å². The fourth-order valence-corrected chi connectivity index (χ4v) is 3.33. The van der Waals surface area contributed by atoms with Crippen molar-refractivity contribution in [1.82, 2.24) is 4.90 Å². The number of anilines is 1. The normalized spacial score (nSPS) is 14.6. The summed E-state index contributed by atoms with van der Waals surface area (Å²) in [4.78, 5) is 16.4. The Morgan fingerprint density at radius 1 is 1.00 bits per heavy atom. The van der Waals surface area contributed by atoms with Crippen LogP contribution in [-0.2, 0) is 6.54 Å². The Labute approximate surface area is 162 Å². The second-order valence-electron chi connectivity index (χ2n) is 6.95. The average Bonchev–Trinajstić information content (AvgIpc) is 2.68. The van der Waals surface area contributed by atoms with E-state index in [4.69, 9.17) is 0 Å². The van der Waals surface area contributed by atoms with Crippen LogP contribution in [0.4, 0.5) is 18.9 Å². The number of amides is 1. The van der Waals surface area contributed by atoms with Gasteiger partial charge in [0.1, 0.15) is 5.75 Å². The van der Waals surface area contributed by atoms with Gasteiger partial charge in [0.15, 0.2) is 0 Å². The maximum Gasteiger partial charge on any atom is 0.573 e. The number of carbonyl (C=O) groups is 1. The second-order valence-corrected chi connectivity index (χ2v) is 6.95. The monoisotopic (exact) mass is 392 g/mol. The summed E-state index contributed by atoms with van der Waals surface area (Å²) in [6.07, 6.45) is -1.04. The zero-order valence-electron chi connectivity index (χ0n) is 15.7. The first-order chi connectivity index (χ1) is 13.3. The Bertz CT molecular complexity index is 783. The van der Waals surface area contributed by atoms with E-state index in [2.05, 4.69) is 21.8 Å². The largest absolute Gasteiger partial charge is 0.573 e. The summed E-state index contributed by atoms with van der Waals surface area (Å²) < 4.78 is 40.5. The molecule has 0 aromatic heterocycles. The molecule has 0 spiro atoms. The Kier molecular flexibility index (Phi) is 6.11. The van der Waals surface area contributed by atoms with Gasteiger partial charge >= 0.3 is 6.36 Å². The minimum Gasteiger partial charge on any atom is -0.406 e. The SMILES string of the molecule is CN(Cc1ccc(N2CCCCC2)cc1)C(=O)c1ccc(OC(F)(F)F)cc1. The van der Waals surface area contributed by atoms with Crippen molar-refractivity contribution in [2.45, 2.75) is 32.2 Å². The number of ether oxygens (including phenoxy) is 1. The third kappa shape index (κ3) is 5.41. The van der Waals surface area contributed by atoms with Gasteiger partial charge in [0.05, 0.1) is 0 Å². The van der Waals surface area contributed by atoms with Crippen LogP contribution in [0.2, 0.25) is 0 Å². The van der Waals surface area contributed by atoms with Gasteiger partial charge in [-0.2, -0.15) is 0 Å². The highest BCUT2D eigenvalue weighted by Gasteiger charge is 2.31. The Morgan fingerprint density at radius 2 is 1.61 bits per heavy atom. The zero-order valence-corrected chi connectivity index (χ0v) is 15.7. The van der Waals surface area contributed by atoms with Gasteiger partial charge < -0.3 is 14.5 Å². The standard InChI is InChI=1S/C21H23F3N2O2/c1-25(20(27)17-7-11-19(12-8-17)28-21(22,23)24)15-16-5-9-18(10-6-16)26-13-3-2-4-14-26/h5-12H,2-4,13-15H2,1H3. The van der Waals surface area contributed by atoms with Crippen LogP contribution in [0.5, 0.6) is 5.75 Å². The summed E-state index contributed by atoms with van der Waals surface area (Å²) in [5.74, 6) is -0.612. The summed E-state index contributed by atoms with van der Waals surface area (Å²) >= 11 is 0. The van der Waals surface area contributed by atoms with Crippen molar-refractivity contribution in [3.8, 4) is 5.75 Å². The third-order valence-corrected chi connectivity index (χ3v) is 4.76. The van der Waals surface area contributed by atoms with E-state index in [-0.39, 0.29) is 11.7 Å². The zero-order chi connectivity index (χ0) is 20.1. The van der Waals surface area contributed by atoms with E-state index in [1.807, 2.05) is 12.1 Å². The molecule has 0 saturated carbocycles. The highest BCUT2D eigenvalue weighted by atomic mass is 19.4. The molecule has 150 valence electrons. The smallest absolute Gasteiger partial charge is 0.406 e. The lowest BCUT2D eigenvalue weighted by Crippen LogP contribution is -2.29. The lowest BCUT2D eigenvalue weighted by atomic mass is 10.1. The number of hydrogen-bond acceptors (Lipinski definition) is 3. The first-order valence-electron chi connectivity index (χ1n) is 9.27. The molecule has 0 aliphatic carbocycles. The fourth-order valence-electron chi connectivity index (χ4n) is 3.33. The van der Waals surface area contributed by atoms with Crippen molar-refractivity contribution >= 4 is 11.6 Å². The van der Waals surface area contributed by atoms with Crippen molar-refractivity contribution in [3.05, 3.63) is 59.7 Å². The molecule has 3 rings (SSSR count). The van der Waals surface area contributed by atoms with Gasteiger partial charge in [-0.15, -0.1) is 13.2 Å². The fraction of sp³-hybridized carbons (Fsp3) is 0.381. The Balaban J connectivity index is 1.59. The second kappa shape index (κ2) is 8.54. The molecule has 28 heavy (non-hydrogen) atoms. The first-order valence-corrected chi connectivity index (χ1v) is 9.27. The minimum atomic E-state index is -4.75. The van der Waals surface area contributed by atoms with E-state index in [0.717, 1.165) is 30.8 Å². The number of carbonyl (C=O) groups excluding carboxylic acids is 1. The van der Waals surface area contributed by atoms with Gasteiger partial charge in [-0.05, 0) is 61.2 Å². The van der Waals surface area contributed by atoms with Gasteiger partial charge in [0, 0.05) is 37.9 Å². The number of hydrogen-bond donors (Lipinski definition) is 0. The molecule has 0 unspecified atom stereocenters. The predicted octanol–water partition coefficient (Wildman–Crippen LogP) is 4.85. The molecule has 1 aliphatic heterocycles. The molecule has 0 atom stereocenters. The summed E-state index contributed by atoms with van der Waals surface area (Å²) in [5.41, 5.74) is 2.49. The molecule has 1 heterocycles. The molecule has 1 aliphatic rings. The van der Waals surface area contributed by atoms with Crippen LogP contribution in [0.3, 0.4) is 0 Å². The topological polar surface area (TPSA) is 32.8 Å². The summed E-state index contributed by atoms with van der Waals surface area (Å²) in [6, 6.07) is 13.1. The molecular weight excluding hydrogens is 369 g/mol. The quantitative estimate of drug-likeness (QED) is 0.729. The van der Waals surface area contributed by atoms with Crippen LogP contribution in [0, 0.1) is 0 Å². The van der Waals surface area contributed by atoms with Crippen LogP contribution in [-0.4, -0.2) is 37.3 Å². The first kappa shape index (κ1) is 20.0. The van der Waals surface area contributed by atoms with E-state index < -0.39 is 6.36 Å². The van der Waals surface area contributed by atoms with Crippen LogP contribution in [0.15, 0.2) is 48.5 Å². The number of nitrogens with zero attached hydrogens (tertiary/aromatic N) is 2. The van der Waals surface area contributed by atoms with E-state index in [9.17, 15) is 18.0 Å². The van der Waals surface area contributed by atoms with Crippen LogP contribution in [0.25, 0.3) is 0 Å². The molecule has 0 radical (unpaired) electrons. The van der Waals surface area contributed by atoms with E-state index in [0.29, 0.717) is 12.1 Å². The van der Waals surface area contributed by atoms with Crippen molar-refractivity contribution in [3.63, 3.8) is 0 Å². The number of alkyl halides is 3. The molecule has 0 bridgehead atoms. The van der Waals surface area contributed by atoms with Crippen molar-refractivity contribution in [2.75, 3.05) is 25.0 Å². The van der Waals surface area contributed by atoms with Crippen LogP contribution < -0.4 is 9.64 Å². The molecule has 0 N–H and O–H groups in total. The highest BCUT2D eigenvalue weighted by Crippen LogP contribution is 2.24.